The minimum atomic E-state index is -0.650. The fraction of sp³-hybridized carbons (Fsp3) is 0.240. The molecule has 2 heterocycles. The van der Waals surface area contributed by atoms with Crippen molar-refractivity contribution in [3.8, 4) is 11.5 Å². The van der Waals surface area contributed by atoms with Crippen LogP contribution < -0.4 is 14.4 Å². The van der Waals surface area contributed by atoms with E-state index in [0.29, 0.717) is 24.5 Å². The number of hydrogen-bond acceptors (Lipinski definition) is 5. The molecule has 0 aliphatic carbocycles. The van der Waals surface area contributed by atoms with Crippen LogP contribution in [0.15, 0.2) is 72.9 Å². The fourth-order valence-corrected chi connectivity index (χ4v) is 3.63. The van der Waals surface area contributed by atoms with E-state index in [1.807, 2.05) is 54.6 Å². The summed E-state index contributed by atoms with van der Waals surface area (Å²) >= 11 is 0. The number of pyridine rings is 1. The number of carbonyl (C=O) groups is 2. The van der Waals surface area contributed by atoms with Crippen LogP contribution in [0.5, 0.6) is 11.5 Å². The van der Waals surface area contributed by atoms with E-state index in [0.717, 1.165) is 17.0 Å². The second-order valence-corrected chi connectivity index (χ2v) is 7.57. The molecule has 1 aliphatic heterocycles. The molecule has 1 atom stereocenters. The molecule has 32 heavy (non-hydrogen) atoms. The maximum Gasteiger partial charge on any atom is 0.268 e. The summed E-state index contributed by atoms with van der Waals surface area (Å²) in [5.41, 5.74) is 2.33. The molecule has 0 saturated heterocycles. The minimum Gasteiger partial charge on any atom is -0.497 e. The lowest BCUT2D eigenvalue weighted by Gasteiger charge is -2.34. The quantitative estimate of drug-likeness (QED) is 0.573. The molecule has 0 saturated carbocycles. The van der Waals surface area contributed by atoms with Gasteiger partial charge < -0.3 is 14.4 Å². The van der Waals surface area contributed by atoms with E-state index in [-0.39, 0.29) is 18.4 Å². The normalized spacial score (nSPS) is 15.0. The Hall–Kier alpha value is -3.87. The number of rotatable bonds is 7. The number of anilines is 1. The summed E-state index contributed by atoms with van der Waals surface area (Å²) < 4.78 is 10.9. The second-order valence-electron chi connectivity index (χ2n) is 7.57. The van der Waals surface area contributed by atoms with Crippen LogP contribution in [0.1, 0.15) is 18.2 Å². The van der Waals surface area contributed by atoms with Crippen LogP contribution in [0.25, 0.3) is 0 Å². The molecular formula is C25H25N3O4. The maximum atomic E-state index is 13.4. The maximum absolute atomic E-state index is 13.4. The topological polar surface area (TPSA) is 72.0 Å². The molecule has 7 heteroatoms. The largest absolute Gasteiger partial charge is 0.497 e. The predicted molar refractivity (Wildman–Crippen MR) is 120 cm³/mol. The average molecular weight is 431 g/mol. The molecule has 2 amide bonds. The summed E-state index contributed by atoms with van der Waals surface area (Å²) in [5, 5.41) is 0. The van der Waals surface area contributed by atoms with E-state index >= 15 is 0 Å². The van der Waals surface area contributed by atoms with Crippen molar-refractivity contribution in [1.82, 2.24) is 9.88 Å². The standard InChI is InChI=1S/C25H25N3O4/c1-18-25(30)28(22-8-3-4-9-23(22)32-18)17-24(29)27(16-20-7-5-6-14-26-20)15-19-10-12-21(31-2)13-11-19/h3-14,18H,15-17H2,1-2H3/t18-/m1/s1. The fourth-order valence-electron chi connectivity index (χ4n) is 3.63. The van der Waals surface area contributed by atoms with Crippen LogP contribution >= 0.6 is 0 Å². The van der Waals surface area contributed by atoms with Crippen molar-refractivity contribution in [3.63, 3.8) is 0 Å². The number of para-hydroxylation sites is 2. The van der Waals surface area contributed by atoms with Crippen molar-refractivity contribution in [1.29, 1.82) is 0 Å². The third-order valence-corrected chi connectivity index (χ3v) is 5.33. The first-order valence-corrected chi connectivity index (χ1v) is 10.4. The molecule has 164 valence electrons. The molecular weight excluding hydrogens is 406 g/mol. The number of ether oxygens (including phenoxy) is 2. The molecule has 0 spiro atoms. The van der Waals surface area contributed by atoms with E-state index in [4.69, 9.17) is 9.47 Å². The molecule has 0 N–H and O–H groups in total. The summed E-state index contributed by atoms with van der Waals surface area (Å²) in [6, 6.07) is 20.5. The number of hydrogen-bond donors (Lipinski definition) is 0. The number of fused-ring (bicyclic) bond motifs is 1. The highest BCUT2D eigenvalue weighted by Crippen LogP contribution is 2.33. The average Bonchev–Trinajstić information content (AvgIpc) is 2.82. The lowest BCUT2D eigenvalue weighted by molar-refractivity contribution is -0.134. The number of benzene rings is 2. The molecule has 2 aromatic carbocycles. The van der Waals surface area contributed by atoms with Crippen LogP contribution in [0.2, 0.25) is 0 Å². The van der Waals surface area contributed by atoms with Crippen LogP contribution in [0, 0.1) is 0 Å². The van der Waals surface area contributed by atoms with Crippen molar-refractivity contribution in [2.45, 2.75) is 26.1 Å². The van der Waals surface area contributed by atoms with Gasteiger partial charge in [-0.25, -0.2) is 0 Å². The van der Waals surface area contributed by atoms with Gasteiger partial charge in [0.05, 0.1) is 25.0 Å². The highest BCUT2D eigenvalue weighted by atomic mass is 16.5. The lowest BCUT2D eigenvalue weighted by Crippen LogP contribution is -2.49. The van der Waals surface area contributed by atoms with Gasteiger partial charge in [-0.15, -0.1) is 0 Å². The van der Waals surface area contributed by atoms with Crippen molar-refractivity contribution >= 4 is 17.5 Å². The SMILES string of the molecule is COc1ccc(CN(Cc2ccccn2)C(=O)CN2C(=O)[C@@H](C)Oc3ccccc32)cc1. The van der Waals surface area contributed by atoms with E-state index in [9.17, 15) is 9.59 Å². The molecule has 1 aliphatic rings. The highest BCUT2D eigenvalue weighted by molar-refractivity contribution is 6.03. The number of nitrogens with zero attached hydrogens (tertiary/aromatic N) is 3. The molecule has 1 aromatic heterocycles. The lowest BCUT2D eigenvalue weighted by atomic mass is 10.1. The van der Waals surface area contributed by atoms with Crippen molar-refractivity contribution in [2.24, 2.45) is 0 Å². The summed E-state index contributed by atoms with van der Waals surface area (Å²) in [6.45, 7) is 2.34. The third-order valence-electron chi connectivity index (χ3n) is 5.33. The Morgan fingerprint density at radius 3 is 2.53 bits per heavy atom. The van der Waals surface area contributed by atoms with Gasteiger partial charge in [0.1, 0.15) is 18.0 Å². The molecule has 0 fully saturated rings. The van der Waals surface area contributed by atoms with Crippen LogP contribution in [0.3, 0.4) is 0 Å². The van der Waals surface area contributed by atoms with Gasteiger partial charge in [-0.1, -0.05) is 30.3 Å². The Bertz CT molecular complexity index is 1090. The van der Waals surface area contributed by atoms with E-state index in [1.165, 1.54) is 4.90 Å². The zero-order valence-electron chi connectivity index (χ0n) is 18.1. The van der Waals surface area contributed by atoms with Gasteiger partial charge in [0.2, 0.25) is 5.91 Å². The Balaban J connectivity index is 1.58. The Morgan fingerprint density at radius 1 is 1.06 bits per heavy atom. The van der Waals surface area contributed by atoms with Gasteiger partial charge in [-0.05, 0) is 48.9 Å². The summed E-state index contributed by atoms with van der Waals surface area (Å²) in [4.78, 5) is 33.9. The van der Waals surface area contributed by atoms with Crippen molar-refractivity contribution < 1.29 is 19.1 Å². The van der Waals surface area contributed by atoms with Crippen LogP contribution in [-0.4, -0.2) is 41.5 Å². The van der Waals surface area contributed by atoms with Crippen LogP contribution in [-0.2, 0) is 22.7 Å². The van der Waals surface area contributed by atoms with Crippen molar-refractivity contribution in [2.75, 3.05) is 18.6 Å². The Labute approximate surface area is 187 Å². The summed E-state index contributed by atoms with van der Waals surface area (Å²) in [5.74, 6) is 0.933. The molecule has 0 bridgehead atoms. The monoisotopic (exact) mass is 431 g/mol. The highest BCUT2D eigenvalue weighted by Gasteiger charge is 2.33. The van der Waals surface area contributed by atoms with Gasteiger partial charge in [-0.2, -0.15) is 0 Å². The van der Waals surface area contributed by atoms with Crippen molar-refractivity contribution in [3.05, 3.63) is 84.2 Å². The summed E-state index contributed by atoms with van der Waals surface area (Å²) in [7, 11) is 1.62. The smallest absolute Gasteiger partial charge is 0.268 e. The Morgan fingerprint density at radius 2 is 1.81 bits per heavy atom. The van der Waals surface area contributed by atoms with Crippen LogP contribution in [0.4, 0.5) is 5.69 Å². The zero-order valence-corrected chi connectivity index (χ0v) is 18.1. The minimum absolute atomic E-state index is 0.0769. The molecule has 3 aromatic rings. The number of amides is 2. The first-order valence-electron chi connectivity index (χ1n) is 10.4. The van der Waals surface area contributed by atoms with Gasteiger partial charge >= 0.3 is 0 Å². The number of methoxy groups -OCH3 is 1. The Kier molecular flexibility index (Phi) is 6.35. The van der Waals surface area contributed by atoms with E-state index < -0.39 is 6.10 Å². The molecule has 7 nitrogen and oxygen atoms in total. The zero-order chi connectivity index (χ0) is 22.5. The second kappa shape index (κ2) is 9.51. The first-order chi connectivity index (χ1) is 15.5. The number of aromatic nitrogens is 1. The molecule has 0 radical (unpaired) electrons. The van der Waals surface area contributed by atoms with Gasteiger partial charge in [0.15, 0.2) is 6.10 Å². The third kappa shape index (κ3) is 4.72. The number of carbonyl (C=O) groups excluding carboxylic acids is 2. The van der Waals surface area contributed by atoms with Gasteiger partial charge in [0, 0.05) is 12.7 Å². The van der Waals surface area contributed by atoms with Gasteiger partial charge in [0.25, 0.3) is 5.91 Å². The summed E-state index contributed by atoms with van der Waals surface area (Å²) in [6.07, 6.45) is 1.05. The van der Waals surface area contributed by atoms with E-state index in [2.05, 4.69) is 4.98 Å². The van der Waals surface area contributed by atoms with E-state index in [1.54, 1.807) is 37.3 Å². The molecule has 4 rings (SSSR count). The van der Waals surface area contributed by atoms with Gasteiger partial charge in [-0.3, -0.25) is 19.5 Å². The molecule has 0 unspecified atom stereocenters. The first kappa shape index (κ1) is 21.4. The predicted octanol–water partition coefficient (Wildman–Crippen LogP) is 3.43.